The Morgan fingerprint density at radius 2 is 2.03 bits per heavy atom. The van der Waals surface area contributed by atoms with Crippen LogP contribution in [0.3, 0.4) is 0 Å². The molecule has 10 heteroatoms. The van der Waals surface area contributed by atoms with Gasteiger partial charge in [0.15, 0.2) is 23.3 Å². The van der Waals surface area contributed by atoms with Gasteiger partial charge in [0.1, 0.15) is 0 Å². The number of aromatic nitrogens is 4. The molecular weight excluding hydrogens is 467 g/mol. The summed E-state index contributed by atoms with van der Waals surface area (Å²) in [4.78, 5) is 16.5. The molecule has 0 radical (unpaired) electrons. The number of rotatable bonds is 5. The first-order valence-electron chi connectivity index (χ1n) is 12.2. The van der Waals surface area contributed by atoms with Gasteiger partial charge in [0.2, 0.25) is 0 Å². The number of halogens is 1. The minimum absolute atomic E-state index is 0.0302. The molecule has 2 atom stereocenters. The van der Waals surface area contributed by atoms with Gasteiger partial charge in [-0.25, -0.2) is 14.2 Å². The number of aromatic amines is 1. The molecule has 6 rings (SSSR count). The molecule has 5 heterocycles. The molecule has 1 aromatic carbocycles. The van der Waals surface area contributed by atoms with Gasteiger partial charge < -0.3 is 23.9 Å². The number of nitrogens with zero attached hydrogens (tertiary/aromatic N) is 3. The van der Waals surface area contributed by atoms with Crippen LogP contribution >= 0.6 is 0 Å². The van der Waals surface area contributed by atoms with Crippen molar-refractivity contribution in [2.24, 2.45) is 0 Å². The zero-order valence-corrected chi connectivity index (χ0v) is 19.9. The van der Waals surface area contributed by atoms with Gasteiger partial charge in [-0.15, -0.1) is 0 Å². The fourth-order valence-corrected chi connectivity index (χ4v) is 5.62. The van der Waals surface area contributed by atoms with Crippen molar-refractivity contribution in [1.29, 1.82) is 0 Å². The van der Waals surface area contributed by atoms with Crippen LogP contribution in [0.4, 0.5) is 4.39 Å². The predicted octanol–water partition coefficient (Wildman–Crippen LogP) is 4.29. The van der Waals surface area contributed by atoms with E-state index in [-0.39, 0.29) is 17.6 Å². The van der Waals surface area contributed by atoms with Crippen LogP contribution in [0.5, 0.6) is 5.75 Å². The number of aliphatic carboxylic acids is 1. The number of H-pyrrole nitrogens is 1. The average molecular weight is 495 g/mol. The van der Waals surface area contributed by atoms with Crippen LogP contribution in [0.25, 0.3) is 27.8 Å². The maximum Gasteiger partial charge on any atom is 0.332 e. The van der Waals surface area contributed by atoms with E-state index in [2.05, 4.69) is 14.8 Å². The lowest BCUT2D eigenvalue weighted by Gasteiger charge is -2.30. The third-order valence-corrected chi connectivity index (χ3v) is 7.38. The first kappa shape index (κ1) is 22.9. The molecule has 2 aliphatic rings. The molecule has 0 bridgehead atoms. The molecule has 0 spiro atoms. The molecule has 188 valence electrons. The number of hydrogen-bond donors (Lipinski definition) is 2. The highest BCUT2D eigenvalue weighted by molar-refractivity contribution is 5.93. The minimum atomic E-state index is -0.934. The lowest BCUT2D eigenvalue weighted by molar-refractivity contribution is -0.153. The summed E-state index contributed by atoms with van der Waals surface area (Å²) in [5, 5.41) is 17.4. The number of methoxy groups -OCH3 is 1. The molecule has 0 saturated carbocycles. The normalized spacial score (nSPS) is 21.3. The second-order valence-electron chi connectivity index (χ2n) is 9.44. The number of nitrogens with one attached hydrogen (secondary N) is 1. The monoisotopic (exact) mass is 494 g/mol. The molecule has 2 saturated heterocycles. The SMILES string of the molecule is COc1cc(-n2c(C3CCOCC3)c([C@H]3CCC(C(=O)O)OC3)c3nc4[nH]ncc4cc32)ccc1F. The summed E-state index contributed by atoms with van der Waals surface area (Å²) in [6.07, 6.45) is 3.71. The number of carboxylic acid groups (broad SMARTS) is 1. The van der Waals surface area contributed by atoms with E-state index in [1.54, 1.807) is 18.3 Å². The van der Waals surface area contributed by atoms with Gasteiger partial charge >= 0.3 is 5.97 Å². The van der Waals surface area contributed by atoms with Gasteiger partial charge in [-0.05, 0) is 43.9 Å². The highest BCUT2D eigenvalue weighted by Crippen LogP contribution is 2.44. The third-order valence-electron chi connectivity index (χ3n) is 7.38. The number of carbonyl (C=O) groups is 1. The number of ether oxygens (including phenoxy) is 3. The van der Waals surface area contributed by atoms with Crippen molar-refractivity contribution in [2.45, 2.75) is 43.6 Å². The van der Waals surface area contributed by atoms with Crippen LogP contribution in [0.1, 0.15) is 48.8 Å². The summed E-state index contributed by atoms with van der Waals surface area (Å²) in [6, 6.07) is 6.92. The molecule has 2 fully saturated rings. The number of pyridine rings is 1. The Morgan fingerprint density at radius 1 is 1.19 bits per heavy atom. The van der Waals surface area contributed by atoms with Gasteiger partial charge in [0.05, 0.1) is 30.9 Å². The fraction of sp³-hybridized carbons (Fsp3) is 0.423. The van der Waals surface area contributed by atoms with Crippen molar-refractivity contribution in [1.82, 2.24) is 19.7 Å². The summed E-state index contributed by atoms with van der Waals surface area (Å²) in [6.45, 7) is 1.60. The molecular formula is C26H27FN4O5. The summed E-state index contributed by atoms with van der Waals surface area (Å²) in [5.74, 6) is -1.04. The van der Waals surface area contributed by atoms with E-state index < -0.39 is 17.9 Å². The molecule has 0 aliphatic carbocycles. The summed E-state index contributed by atoms with van der Waals surface area (Å²) in [7, 11) is 1.45. The van der Waals surface area contributed by atoms with Gasteiger partial charge in [-0.3, -0.25) is 5.10 Å². The second kappa shape index (κ2) is 9.18. The standard InChI is InChI=1S/C26H27FN4O5/c1-34-21-11-17(3-4-18(21)27)31-19-10-16-12-28-30-25(16)29-23(19)22(24(31)14-6-8-35-9-7-14)15-2-5-20(26(32)33)36-13-15/h3-4,10-12,14-15,20H,2,5-9,13H2,1H3,(H,32,33)(H,28,29,30)/t15-,20?/m0/s1. The van der Waals surface area contributed by atoms with Crippen LogP contribution in [0.2, 0.25) is 0 Å². The van der Waals surface area contributed by atoms with Crippen molar-refractivity contribution in [3.8, 4) is 11.4 Å². The molecule has 3 aromatic heterocycles. The fourth-order valence-electron chi connectivity index (χ4n) is 5.62. The Balaban J connectivity index is 1.62. The Hall–Kier alpha value is -3.50. The van der Waals surface area contributed by atoms with Crippen LogP contribution in [0.15, 0.2) is 30.5 Å². The van der Waals surface area contributed by atoms with E-state index in [9.17, 15) is 14.3 Å². The molecule has 2 N–H and O–H groups in total. The molecule has 0 amide bonds. The molecule has 9 nitrogen and oxygen atoms in total. The van der Waals surface area contributed by atoms with E-state index in [0.717, 1.165) is 46.2 Å². The van der Waals surface area contributed by atoms with Gasteiger partial charge in [0.25, 0.3) is 0 Å². The lowest BCUT2D eigenvalue weighted by Crippen LogP contribution is -2.32. The molecule has 4 aromatic rings. The van der Waals surface area contributed by atoms with Crippen LogP contribution in [-0.2, 0) is 14.3 Å². The maximum atomic E-state index is 14.4. The highest BCUT2D eigenvalue weighted by Gasteiger charge is 2.35. The Morgan fingerprint density at radius 3 is 2.75 bits per heavy atom. The van der Waals surface area contributed by atoms with Crippen LogP contribution in [0, 0.1) is 5.82 Å². The van der Waals surface area contributed by atoms with Gasteiger partial charge in [-0.1, -0.05) is 0 Å². The van der Waals surface area contributed by atoms with Gasteiger partial charge in [-0.2, -0.15) is 5.10 Å². The Kier molecular flexibility index (Phi) is 5.85. The van der Waals surface area contributed by atoms with Gasteiger partial charge in [0, 0.05) is 53.4 Å². The highest BCUT2D eigenvalue weighted by atomic mass is 19.1. The molecule has 36 heavy (non-hydrogen) atoms. The summed E-state index contributed by atoms with van der Waals surface area (Å²) < 4.78 is 33.3. The topological polar surface area (TPSA) is 111 Å². The first-order valence-corrected chi connectivity index (χ1v) is 12.2. The third kappa shape index (κ3) is 3.81. The van der Waals surface area contributed by atoms with E-state index in [1.165, 1.54) is 13.2 Å². The molecule has 1 unspecified atom stereocenters. The number of benzene rings is 1. The lowest BCUT2D eigenvalue weighted by atomic mass is 9.85. The van der Waals surface area contributed by atoms with Crippen molar-refractivity contribution < 1.29 is 28.5 Å². The van der Waals surface area contributed by atoms with E-state index in [4.69, 9.17) is 19.2 Å². The Labute approximate surface area is 206 Å². The number of fused-ring (bicyclic) bond motifs is 2. The quantitative estimate of drug-likeness (QED) is 0.426. The number of carboxylic acids is 1. The van der Waals surface area contributed by atoms with Crippen molar-refractivity contribution >= 4 is 28.0 Å². The van der Waals surface area contributed by atoms with E-state index >= 15 is 0 Å². The maximum absolute atomic E-state index is 14.4. The first-order chi connectivity index (χ1) is 17.5. The largest absolute Gasteiger partial charge is 0.494 e. The van der Waals surface area contributed by atoms with Crippen LogP contribution < -0.4 is 4.74 Å². The average Bonchev–Trinajstić information content (AvgIpc) is 3.50. The summed E-state index contributed by atoms with van der Waals surface area (Å²) in [5.41, 5.74) is 5.30. The van der Waals surface area contributed by atoms with E-state index in [0.29, 0.717) is 38.3 Å². The van der Waals surface area contributed by atoms with Crippen molar-refractivity contribution in [2.75, 3.05) is 26.9 Å². The van der Waals surface area contributed by atoms with E-state index in [1.807, 2.05) is 6.07 Å². The zero-order valence-electron chi connectivity index (χ0n) is 19.9. The zero-order chi connectivity index (χ0) is 24.8. The van der Waals surface area contributed by atoms with Crippen molar-refractivity contribution in [3.05, 3.63) is 47.5 Å². The second-order valence-corrected chi connectivity index (χ2v) is 9.44. The minimum Gasteiger partial charge on any atom is -0.494 e. The number of hydrogen-bond acceptors (Lipinski definition) is 6. The molecule has 2 aliphatic heterocycles. The smallest absolute Gasteiger partial charge is 0.332 e. The van der Waals surface area contributed by atoms with Crippen molar-refractivity contribution in [3.63, 3.8) is 0 Å². The Bertz CT molecular complexity index is 1430. The predicted molar refractivity (Wildman–Crippen MR) is 129 cm³/mol. The van der Waals surface area contributed by atoms with Crippen LogP contribution in [-0.4, -0.2) is 63.9 Å². The summed E-state index contributed by atoms with van der Waals surface area (Å²) >= 11 is 0.